The number of hydrogen-bond donors (Lipinski definition) is 1. The number of ether oxygens (including phenoxy) is 1. The number of hydrogen-bond acceptors (Lipinski definition) is 3. The van der Waals surface area contributed by atoms with E-state index in [1.807, 2.05) is 0 Å². The fraction of sp³-hybridized carbons (Fsp3) is 0.905. The average Bonchev–Trinajstić information content (AvgIpc) is 2.61. The Labute approximate surface area is 179 Å². The monoisotopic (exact) mass is 506 g/mol. The summed E-state index contributed by atoms with van der Waals surface area (Å²) in [4.78, 5) is 22.5. The van der Waals surface area contributed by atoms with E-state index in [0.717, 1.165) is 50.2 Å². The lowest BCUT2D eigenvalue weighted by Crippen LogP contribution is -2.48. The Hall–Kier alpha value is 0.0600. The first-order valence-electron chi connectivity index (χ1n) is 10.5. The number of carboxylic acid groups (broad SMARTS) is 1. The van der Waals surface area contributed by atoms with Crippen molar-refractivity contribution in [3.05, 3.63) is 0 Å². The summed E-state index contributed by atoms with van der Waals surface area (Å²) in [5.41, 5.74) is 0.475. The van der Waals surface area contributed by atoms with Crippen molar-refractivity contribution in [3.63, 3.8) is 0 Å². The fourth-order valence-corrected chi connectivity index (χ4v) is 7.63. The van der Waals surface area contributed by atoms with Gasteiger partial charge in [-0.2, -0.15) is 0 Å². The fourth-order valence-electron chi connectivity index (χ4n) is 6.19. The maximum Gasteiger partial charge on any atom is 0.308 e. The number of carbonyl (C=O) groups is 2. The third kappa shape index (κ3) is 5.57. The first kappa shape index (κ1) is 21.8. The average molecular weight is 508 g/mol. The lowest BCUT2D eigenvalue weighted by Gasteiger charge is -2.56. The minimum absolute atomic E-state index is 0.110. The first-order chi connectivity index (χ1) is 12.9. The molecule has 4 aliphatic rings. The van der Waals surface area contributed by atoms with Gasteiger partial charge in [0, 0.05) is 6.61 Å². The number of Topliss-reactive ketones (excluding diaryl/α,β-unsaturated/α-hetero) is 1. The van der Waals surface area contributed by atoms with Crippen molar-refractivity contribution < 1.29 is 19.4 Å². The molecule has 0 amide bonds. The zero-order valence-electron chi connectivity index (χ0n) is 16.0. The third-order valence-corrected chi connectivity index (χ3v) is 8.69. The minimum atomic E-state index is -0.899. The number of carbonyl (C=O) groups excluding carboxylic acids is 1. The van der Waals surface area contributed by atoms with Crippen LogP contribution >= 0.6 is 31.9 Å². The van der Waals surface area contributed by atoms with Crippen LogP contribution in [0.1, 0.15) is 64.2 Å². The zero-order chi connectivity index (χ0) is 19.4. The molecule has 0 spiro atoms. The van der Waals surface area contributed by atoms with Gasteiger partial charge in [-0.1, -0.05) is 44.7 Å². The van der Waals surface area contributed by atoms with Crippen LogP contribution in [0.4, 0.5) is 0 Å². The highest BCUT2D eigenvalue weighted by Crippen LogP contribution is 2.60. The predicted octanol–water partition coefficient (Wildman–Crippen LogP) is 5.21. The van der Waals surface area contributed by atoms with Gasteiger partial charge in [-0.05, 0) is 74.5 Å². The van der Waals surface area contributed by atoms with Gasteiger partial charge >= 0.3 is 5.97 Å². The Morgan fingerprint density at radius 2 is 1.63 bits per heavy atom. The zero-order valence-corrected chi connectivity index (χ0v) is 19.2. The lowest BCUT2D eigenvalue weighted by atomic mass is 9.50. The predicted molar refractivity (Wildman–Crippen MR) is 113 cm³/mol. The van der Waals surface area contributed by atoms with Crippen molar-refractivity contribution in [2.75, 3.05) is 18.5 Å². The third-order valence-electron chi connectivity index (χ3n) is 6.99. The molecular weight excluding hydrogens is 476 g/mol. The van der Waals surface area contributed by atoms with E-state index in [1.165, 1.54) is 38.5 Å². The molecule has 0 aromatic heterocycles. The van der Waals surface area contributed by atoms with Gasteiger partial charge in [0.1, 0.15) is 0 Å². The van der Waals surface area contributed by atoms with Crippen LogP contribution in [0, 0.1) is 29.1 Å². The van der Waals surface area contributed by atoms with Gasteiger partial charge < -0.3 is 9.84 Å². The van der Waals surface area contributed by atoms with Crippen molar-refractivity contribution >= 4 is 43.6 Å². The van der Waals surface area contributed by atoms with Crippen molar-refractivity contribution in [2.24, 2.45) is 29.1 Å². The molecule has 6 heteroatoms. The molecular formula is C21H32Br2O4. The number of ketones is 1. The molecule has 0 heterocycles. The largest absolute Gasteiger partial charge is 0.481 e. The number of carboxylic acids is 1. The van der Waals surface area contributed by atoms with Gasteiger partial charge in [0.25, 0.3) is 0 Å². The Morgan fingerprint density at radius 3 is 2.15 bits per heavy atom. The number of alkyl halides is 2. The molecule has 4 fully saturated rings. The van der Waals surface area contributed by atoms with Gasteiger partial charge in [0.2, 0.25) is 0 Å². The molecule has 0 saturated heterocycles. The van der Waals surface area contributed by atoms with E-state index in [4.69, 9.17) is 4.74 Å². The molecule has 0 unspecified atom stereocenters. The Kier molecular flexibility index (Phi) is 7.82. The molecule has 154 valence electrons. The van der Waals surface area contributed by atoms with Crippen LogP contribution in [0.25, 0.3) is 0 Å². The topological polar surface area (TPSA) is 63.6 Å². The maximum atomic E-state index is 11.7. The van der Waals surface area contributed by atoms with Crippen LogP contribution < -0.4 is 0 Å². The van der Waals surface area contributed by atoms with Crippen LogP contribution in [-0.2, 0) is 14.3 Å². The van der Waals surface area contributed by atoms with Crippen molar-refractivity contribution in [3.8, 4) is 0 Å². The Morgan fingerprint density at radius 1 is 1.04 bits per heavy atom. The molecule has 4 bridgehead atoms. The molecule has 4 saturated carbocycles. The summed E-state index contributed by atoms with van der Waals surface area (Å²) >= 11 is 6.37. The molecule has 0 radical (unpaired) electrons. The Balaban J connectivity index is 1.30. The minimum Gasteiger partial charge on any atom is -0.481 e. The second-order valence-electron chi connectivity index (χ2n) is 9.27. The van der Waals surface area contributed by atoms with Crippen LogP contribution in [0.3, 0.4) is 0 Å². The van der Waals surface area contributed by atoms with Crippen molar-refractivity contribution in [1.29, 1.82) is 0 Å². The molecule has 0 aromatic carbocycles. The van der Waals surface area contributed by atoms with Gasteiger partial charge in [0.05, 0.1) is 22.7 Å². The van der Waals surface area contributed by atoms with Crippen molar-refractivity contribution in [2.45, 2.75) is 69.0 Å². The van der Waals surface area contributed by atoms with Crippen LogP contribution in [0.5, 0.6) is 0 Å². The van der Waals surface area contributed by atoms with E-state index in [1.54, 1.807) is 0 Å². The molecule has 1 N–H and O–H groups in total. The highest BCUT2D eigenvalue weighted by atomic mass is 79.9. The molecule has 0 aromatic rings. The summed E-state index contributed by atoms with van der Waals surface area (Å²) in [6.07, 6.45) is 11.8. The maximum absolute atomic E-state index is 11.7. The standard InChI is InChI=1S/C21H32Br2O4/c22-12-18(24)19(23)17(20(25)26)4-2-1-3-5-27-13-21-9-14-6-15(10-21)8-16(7-14)11-21/h14-17,19H,1-13H2,(H,25,26)/t14?,15?,16?,17-,19+,21?/m0/s1. The number of halogens is 2. The van der Waals surface area contributed by atoms with Crippen LogP contribution in [0.2, 0.25) is 0 Å². The SMILES string of the molecule is O=C(O)[C@@H](CCCCCOCC12CC3CC(CC(C3)C1)C2)[C@@H](Br)C(=O)CBr. The van der Waals surface area contributed by atoms with Gasteiger partial charge in [-0.15, -0.1) is 0 Å². The van der Waals surface area contributed by atoms with Crippen LogP contribution in [-0.4, -0.2) is 40.2 Å². The normalized spacial score (nSPS) is 33.8. The molecule has 0 aliphatic heterocycles. The van der Waals surface area contributed by atoms with Crippen molar-refractivity contribution in [1.82, 2.24) is 0 Å². The van der Waals surface area contributed by atoms with E-state index < -0.39 is 16.7 Å². The second-order valence-corrected chi connectivity index (χ2v) is 10.8. The quantitative estimate of drug-likeness (QED) is 0.291. The van der Waals surface area contributed by atoms with Gasteiger partial charge in [0.15, 0.2) is 5.78 Å². The highest BCUT2D eigenvalue weighted by molar-refractivity contribution is 9.10. The molecule has 4 rings (SSSR count). The van der Waals surface area contributed by atoms with E-state index in [9.17, 15) is 14.7 Å². The molecule has 27 heavy (non-hydrogen) atoms. The van der Waals surface area contributed by atoms with E-state index >= 15 is 0 Å². The number of aliphatic carboxylic acids is 1. The number of unbranched alkanes of at least 4 members (excludes halogenated alkanes) is 2. The number of rotatable bonds is 12. The smallest absolute Gasteiger partial charge is 0.308 e. The van der Waals surface area contributed by atoms with E-state index in [2.05, 4.69) is 31.9 Å². The summed E-state index contributed by atoms with van der Waals surface area (Å²) in [6, 6.07) is 0. The highest BCUT2D eigenvalue weighted by Gasteiger charge is 2.50. The first-order valence-corrected chi connectivity index (χ1v) is 12.5. The summed E-state index contributed by atoms with van der Waals surface area (Å²) in [6.45, 7) is 1.70. The van der Waals surface area contributed by atoms with Gasteiger partial charge in [-0.25, -0.2) is 0 Å². The van der Waals surface area contributed by atoms with E-state index in [-0.39, 0.29) is 11.1 Å². The lowest BCUT2D eigenvalue weighted by molar-refractivity contribution is -0.143. The van der Waals surface area contributed by atoms with Crippen LogP contribution in [0.15, 0.2) is 0 Å². The summed E-state index contributed by atoms with van der Waals surface area (Å²) in [7, 11) is 0. The van der Waals surface area contributed by atoms with Gasteiger partial charge in [-0.3, -0.25) is 9.59 Å². The second kappa shape index (κ2) is 9.71. The molecule has 2 atom stereocenters. The summed E-state index contributed by atoms with van der Waals surface area (Å²) < 4.78 is 6.09. The Bertz CT molecular complexity index is 501. The summed E-state index contributed by atoms with van der Waals surface area (Å²) in [5, 5.41) is 9.54. The van der Waals surface area contributed by atoms with E-state index in [0.29, 0.717) is 11.8 Å². The summed E-state index contributed by atoms with van der Waals surface area (Å²) in [5.74, 6) is 1.24. The molecule has 4 aliphatic carbocycles. The molecule has 4 nitrogen and oxygen atoms in total.